The molecule has 0 aliphatic rings. The molecule has 24 heavy (non-hydrogen) atoms. The Kier molecular flexibility index (Phi) is 4.09. The van der Waals surface area contributed by atoms with Crippen molar-refractivity contribution in [3.8, 4) is 0 Å². The van der Waals surface area contributed by atoms with E-state index in [1.165, 1.54) is 10.9 Å². The van der Waals surface area contributed by atoms with Gasteiger partial charge in [0, 0.05) is 5.69 Å². The fraction of sp³-hybridized carbons (Fsp3) is 0.133. The van der Waals surface area contributed by atoms with E-state index in [2.05, 4.69) is 14.7 Å². The number of fused-ring (bicyclic) bond motifs is 1. The number of hydrogen-bond acceptors (Lipinski definition) is 6. The zero-order valence-electron chi connectivity index (χ0n) is 12.6. The van der Waals surface area contributed by atoms with Crippen molar-refractivity contribution >= 4 is 39.3 Å². The van der Waals surface area contributed by atoms with Gasteiger partial charge in [0.05, 0.1) is 6.33 Å². The average Bonchev–Trinajstić information content (AvgIpc) is 2.97. The van der Waals surface area contributed by atoms with Gasteiger partial charge in [-0.1, -0.05) is 18.2 Å². The van der Waals surface area contributed by atoms with Gasteiger partial charge in [0.25, 0.3) is 11.5 Å². The van der Waals surface area contributed by atoms with Crippen molar-refractivity contribution in [2.45, 2.75) is 13.5 Å². The number of benzene rings is 1. The molecule has 2 aromatic heterocycles. The number of nitrogens with zero attached hydrogens (tertiary/aromatic N) is 3. The van der Waals surface area contributed by atoms with Crippen molar-refractivity contribution in [2.75, 3.05) is 5.32 Å². The maximum atomic E-state index is 12.4. The number of nitrogens with two attached hydrogens (primary N) is 1. The molecule has 0 atom stereocenters. The molecular weight excluding hydrogens is 330 g/mol. The standard InChI is InChI=1S/C15H13N5O3S/c1-8-4-2-3-5-9(8)18-10(21)6-20-7-17-11-12(14(16)22)19-24-13(11)15(20)23/h2-5,7H,6H2,1H3,(H2,16,22)(H,18,21). The average molecular weight is 343 g/mol. The maximum Gasteiger partial charge on any atom is 0.273 e. The molecule has 3 rings (SSSR count). The molecule has 2 amide bonds. The minimum Gasteiger partial charge on any atom is -0.364 e. The van der Waals surface area contributed by atoms with E-state index >= 15 is 0 Å². The quantitative estimate of drug-likeness (QED) is 0.729. The van der Waals surface area contributed by atoms with E-state index in [0.29, 0.717) is 5.69 Å². The number of primary amides is 1. The first-order chi connectivity index (χ1) is 11.5. The normalized spacial score (nSPS) is 10.7. The molecule has 0 spiro atoms. The second kappa shape index (κ2) is 6.20. The van der Waals surface area contributed by atoms with E-state index in [9.17, 15) is 14.4 Å². The highest BCUT2D eigenvalue weighted by Gasteiger charge is 2.17. The predicted octanol–water partition coefficient (Wildman–Crippen LogP) is 0.899. The van der Waals surface area contributed by atoms with Crippen molar-refractivity contribution in [3.63, 3.8) is 0 Å². The highest BCUT2D eigenvalue weighted by atomic mass is 32.1. The zero-order chi connectivity index (χ0) is 17.3. The summed E-state index contributed by atoms with van der Waals surface area (Å²) in [5, 5.41) is 2.74. The summed E-state index contributed by atoms with van der Waals surface area (Å²) < 4.78 is 5.20. The van der Waals surface area contributed by atoms with Crippen molar-refractivity contribution in [1.29, 1.82) is 0 Å². The highest BCUT2D eigenvalue weighted by molar-refractivity contribution is 7.13. The summed E-state index contributed by atoms with van der Waals surface area (Å²) in [4.78, 5) is 39.8. The molecule has 3 N–H and O–H groups in total. The highest BCUT2D eigenvalue weighted by Crippen LogP contribution is 2.16. The summed E-state index contributed by atoms with van der Waals surface area (Å²) in [6, 6.07) is 7.33. The summed E-state index contributed by atoms with van der Waals surface area (Å²) in [5.41, 5.74) is 6.46. The lowest BCUT2D eigenvalue weighted by molar-refractivity contribution is -0.116. The topological polar surface area (TPSA) is 120 Å². The molecule has 3 aromatic rings. The Morgan fingerprint density at radius 2 is 2.08 bits per heavy atom. The van der Waals surface area contributed by atoms with E-state index in [-0.39, 0.29) is 28.4 Å². The summed E-state index contributed by atoms with van der Waals surface area (Å²) >= 11 is 0.838. The third-order valence-electron chi connectivity index (χ3n) is 3.42. The van der Waals surface area contributed by atoms with Gasteiger partial charge < -0.3 is 11.1 Å². The zero-order valence-corrected chi connectivity index (χ0v) is 13.5. The molecule has 0 saturated heterocycles. The van der Waals surface area contributed by atoms with Gasteiger partial charge >= 0.3 is 0 Å². The number of carbonyl (C=O) groups is 2. The second-order valence-corrected chi connectivity index (χ2v) is 5.89. The number of carbonyl (C=O) groups excluding carboxylic acids is 2. The number of hydrogen-bond donors (Lipinski definition) is 2. The smallest absolute Gasteiger partial charge is 0.273 e. The van der Waals surface area contributed by atoms with Gasteiger partial charge in [-0.15, -0.1) is 0 Å². The molecule has 1 aromatic carbocycles. The molecule has 2 heterocycles. The van der Waals surface area contributed by atoms with E-state index in [0.717, 1.165) is 17.1 Å². The van der Waals surface area contributed by atoms with Crippen LogP contribution in [0.4, 0.5) is 5.69 Å². The molecule has 0 radical (unpaired) electrons. The monoisotopic (exact) mass is 343 g/mol. The van der Waals surface area contributed by atoms with E-state index in [1.807, 2.05) is 25.1 Å². The molecule has 9 heteroatoms. The number of para-hydroxylation sites is 1. The Morgan fingerprint density at radius 1 is 1.33 bits per heavy atom. The van der Waals surface area contributed by atoms with E-state index < -0.39 is 11.5 Å². The van der Waals surface area contributed by atoms with Crippen LogP contribution < -0.4 is 16.6 Å². The maximum absolute atomic E-state index is 12.4. The molecule has 8 nitrogen and oxygen atoms in total. The van der Waals surface area contributed by atoms with Gasteiger partial charge in [0.15, 0.2) is 5.69 Å². The van der Waals surface area contributed by atoms with Crippen LogP contribution >= 0.6 is 11.5 Å². The first-order valence-electron chi connectivity index (χ1n) is 6.97. The molecule has 0 saturated carbocycles. The van der Waals surface area contributed by atoms with Crippen molar-refractivity contribution in [2.24, 2.45) is 5.73 Å². The fourth-order valence-electron chi connectivity index (χ4n) is 2.19. The van der Waals surface area contributed by atoms with Crippen LogP contribution in [-0.4, -0.2) is 25.7 Å². The lowest BCUT2D eigenvalue weighted by atomic mass is 10.2. The second-order valence-electron chi connectivity index (χ2n) is 5.11. The molecule has 0 aliphatic carbocycles. The first kappa shape index (κ1) is 15.8. The largest absolute Gasteiger partial charge is 0.364 e. The van der Waals surface area contributed by atoms with Crippen LogP contribution in [0.15, 0.2) is 35.4 Å². The molecule has 0 bridgehead atoms. The molecule has 0 unspecified atom stereocenters. The fourth-order valence-corrected chi connectivity index (χ4v) is 2.98. The van der Waals surface area contributed by atoms with Crippen molar-refractivity contribution < 1.29 is 9.59 Å². The van der Waals surface area contributed by atoms with Crippen LogP contribution in [0.25, 0.3) is 10.2 Å². The summed E-state index contributed by atoms with van der Waals surface area (Å²) in [6.45, 7) is 1.68. The number of amides is 2. The first-order valence-corrected chi connectivity index (χ1v) is 7.75. The molecule has 0 aliphatic heterocycles. The van der Waals surface area contributed by atoms with Crippen molar-refractivity contribution in [1.82, 2.24) is 13.9 Å². The Bertz CT molecular complexity index is 1010. The summed E-state index contributed by atoms with van der Waals surface area (Å²) in [6.07, 6.45) is 1.21. The number of anilines is 1. The van der Waals surface area contributed by atoms with Gasteiger partial charge in [-0.2, -0.15) is 4.37 Å². The Labute approximate surface area is 140 Å². The van der Waals surface area contributed by atoms with Gasteiger partial charge in [-0.05, 0) is 30.1 Å². The van der Waals surface area contributed by atoms with Gasteiger partial charge in [0.2, 0.25) is 5.91 Å². The van der Waals surface area contributed by atoms with Gasteiger partial charge in [-0.25, -0.2) is 4.98 Å². The Hall–Kier alpha value is -3.07. The number of aromatic nitrogens is 3. The summed E-state index contributed by atoms with van der Waals surface area (Å²) in [5.74, 6) is -1.10. The van der Waals surface area contributed by atoms with Gasteiger partial charge in [0.1, 0.15) is 16.8 Å². The molecule has 0 fully saturated rings. The van der Waals surface area contributed by atoms with Crippen LogP contribution in [0.2, 0.25) is 0 Å². The number of aryl methyl sites for hydroxylation is 1. The van der Waals surface area contributed by atoms with E-state index in [4.69, 9.17) is 5.73 Å². The lowest BCUT2D eigenvalue weighted by Gasteiger charge is -2.09. The van der Waals surface area contributed by atoms with E-state index in [1.54, 1.807) is 6.07 Å². The Balaban J connectivity index is 1.87. The van der Waals surface area contributed by atoms with Crippen LogP contribution in [0.3, 0.4) is 0 Å². The molecule has 122 valence electrons. The van der Waals surface area contributed by atoms with Crippen molar-refractivity contribution in [3.05, 3.63) is 52.2 Å². The minimum atomic E-state index is -0.747. The number of nitrogens with one attached hydrogen (secondary N) is 1. The SMILES string of the molecule is Cc1ccccc1NC(=O)Cn1cnc2c(C(N)=O)nsc2c1=O. The van der Waals surface area contributed by atoms with Crippen LogP contribution in [-0.2, 0) is 11.3 Å². The van der Waals surface area contributed by atoms with Crippen LogP contribution in [0.1, 0.15) is 16.1 Å². The third-order valence-corrected chi connectivity index (χ3v) is 4.24. The predicted molar refractivity (Wildman–Crippen MR) is 90.0 cm³/mol. The number of rotatable bonds is 4. The molecular formula is C15H13N5O3S. The van der Waals surface area contributed by atoms with Gasteiger partial charge in [-0.3, -0.25) is 19.0 Å². The van der Waals surface area contributed by atoms with Crippen LogP contribution in [0.5, 0.6) is 0 Å². The lowest BCUT2D eigenvalue weighted by Crippen LogP contribution is -2.27. The third kappa shape index (κ3) is 2.88. The minimum absolute atomic E-state index is 0.0383. The Morgan fingerprint density at radius 3 is 2.79 bits per heavy atom. The summed E-state index contributed by atoms with van der Waals surface area (Å²) in [7, 11) is 0. The van der Waals surface area contributed by atoms with Crippen LogP contribution in [0, 0.1) is 6.92 Å².